The molecule has 0 aliphatic carbocycles. The highest BCUT2D eigenvalue weighted by Crippen LogP contribution is 2.41. The molecule has 1 aliphatic heterocycles. The molecule has 0 radical (unpaired) electrons. The van der Waals surface area contributed by atoms with Crippen molar-refractivity contribution in [2.75, 3.05) is 23.7 Å². The summed E-state index contributed by atoms with van der Waals surface area (Å²) in [5, 5.41) is 25.7. The SMILES string of the molecule is Cc1ccc([C@H](Nc2nonc2Nc2c(C)ccc(C(=O)N3CCCC3)c2O)C(C)(C)C)s1. The first-order valence-electron chi connectivity index (χ1n) is 11.2. The van der Waals surface area contributed by atoms with Crippen molar-refractivity contribution < 1.29 is 14.5 Å². The highest BCUT2D eigenvalue weighted by atomic mass is 32.1. The quantitative estimate of drug-likeness (QED) is 0.402. The van der Waals surface area contributed by atoms with Gasteiger partial charge in [0.15, 0.2) is 5.75 Å². The van der Waals surface area contributed by atoms with E-state index >= 15 is 0 Å². The van der Waals surface area contributed by atoms with E-state index in [1.54, 1.807) is 22.3 Å². The number of anilines is 3. The fourth-order valence-electron chi connectivity index (χ4n) is 4.06. The number of benzene rings is 1. The number of aryl methyl sites for hydroxylation is 2. The number of nitrogens with one attached hydrogen (secondary N) is 2. The third kappa shape index (κ3) is 4.83. The van der Waals surface area contributed by atoms with E-state index in [2.05, 4.69) is 60.8 Å². The Balaban J connectivity index is 1.62. The molecule has 3 N–H and O–H groups in total. The van der Waals surface area contributed by atoms with Crippen molar-refractivity contribution in [2.24, 2.45) is 5.41 Å². The zero-order valence-electron chi connectivity index (χ0n) is 19.7. The Bertz CT molecular complexity index is 1140. The Morgan fingerprint density at radius 1 is 1.12 bits per heavy atom. The number of carbonyl (C=O) groups is 1. The number of hydrogen-bond acceptors (Lipinski definition) is 8. The van der Waals surface area contributed by atoms with Gasteiger partial charge in [-0.25, -0.2) is 4.63 Å². The molecule has 1 aromatic carbocycles. The average molecular weight is 470 g/mol. The molecule has 0 bridgehead atoms. The summed E-state index contributed by atoms with van der Waals surface area (Å²) in [4.78, 5) is 17.1. The lowest BCUT2D eigenvalue weighted by atomic mass is 9.86. The predicted molar refractivity (Wildman–Crippen MR) is 130 cm³/mol. The third-order valence-electron chi connectivity index (χ3n) is 5.93. The largest absolute Gasteiger partial charge is 0.505 e. The number of phenolic OH excluding ortho intramolecular Hbond substituents is 1. The van der Waals surface area contributed by atoms with Gasteiger partial charge in [0.1, 0.15) is 0 Å². The van der Waals surface area contributed by atoms with Crippen LogP contribution in [0.2, 0.25) is 0 Å². The lowest BCUT2D eigenvalue weighted by Crippen LogP contribution is -2.27. The van der Waals surface area contributed by atoms with E-state index in [1.165, 1.54) is 9.75 Å². The number of likely N-dealkylation sites (tertiary alicyclic amines) is 1. The van der Waals surface area contributed by atoms with E-state index in [9.17, 15) is 9.90 Å². The van der Waals surface area contributed by atoms with E-state index in [4.69, 9.17) is 4.63 Å². The van der Waals surface area contributed by atoms with Gasteiger partial charge in [0.2, 0.25) is 11.6 Å². The van der Waals surface area contributed by atoms with Crippen molar-refractivity contribution in [1.82, 2.24) is 15.2 Å². The number of carbonyl (C=O) groups excluding carboxylic acids is 1. The molecule has 3 aromatic rings. The van der Waals surface area contributed by atoms with E-state index in [0.717, 1.165) is 18.4 Å². The molecule has 0 spiro atoms. The van der Waals surface area contributed by atoms with Crippen LogP contribution in [0.15, 0.2) is 28.9 Å². The lowest BCUT2D eigenvalue weighted by molar-refractivity contribution is 0.0790. The molecule has 1 saturated heterocycles. The van der Waals surface area contributed by atoms with E-state index < -0.39 is 0 Å². The summed E-state index contributed by atoms with van der Waals surface area (Å²) in [5.74, 6) is 0.533. The molecule has 3 heterocycles. The fraction of sp³-hybridized carbons (Fsp3) is 0.458. The van der Waals surface area contributed by atoms with Crippen LogP contribution in [0.3, 0.4) is 0 Å². The van der Waals surface area contributed by atoms with Gasteiger partial charge < -0.3 is 20.6 Å². The topological polar surface area (TPSA) is 104 Å². The number of phenols is 1. The number of aromatic hydroxyl groups is 1. The Hall–Kier alpha value is -3.07. The Labute approximate surface area is 198 Å². The summed E-state index contributed by atoms with van der Waals surface area (Å²) in [5.41, 5.74) is 1.37. The highest BCUT2D eigenvalue weighted by Gasteiger charge is 2.30. The number of nitrogens with zero attached hydrogens (tertiary/aromatic N) is 3. The van der Waals surface area contributed by atoms with E-state index in [1.807, 2.05) is 13.0 Å². The zero-order chi connectivity index (χ0) is 23.8. The van der Waals surface area contributed by atoms with Crippen LogP contribution in [-0.2, 0) is 0 Å². The average Bonchev–Trinajstić information content (AvgIpc) is 3.50. The molecule has 8 nitrogen and oxygen atoms in total. The fourth-order valence-corrected chi connectivity index (χ4v) is 5.23. The van der Waals surface area contributed by atoms with Gasteiger partial charge in [0, 0.05) is 22.8 Å². The molecule has 176 valence electrons. The van der Waals surface area contributed by atoms with Crippen LogP contribution in [0, 0.1) is 19.3 Å². The Kier molecular flexibility index (Phi) is 6.34. The van der Waals surface area contributed by atoms with Crippen LogP contribution < -0.4 is 10.6 Å². The maximum absolute atomic E-state index is 12.9. The molecule has 2 aromatic heterocycles. The van der Waals surface area contributed by atoms with Crippen molar-refractivity contribution in [3.8, 4) is 5.75 Å². The van der Waals surface area contributed by atoms with Gasteiger partial charge in [-0.2, -0.15) is 0 Å². The lowest BCUT2D eigenvalue weighted by Gasteiger charge is -2.30. The summed E-state index contributed by atoms with van der Waals surface area (Å²) in [6, 6.07) is 7.68. The predicted octanol–water partition coefficient (Wildman–Crippen LogP) is 5.63. The minimum Gasteiger partial charge on any atom is -0.505 e. The van der Waals surface area contributed by atoms with Crippen molar-refractivity contribution in [1.29, 1.82) is 0 Å². The van der Waals surface area contributed by atoms with Gasteiger partial charge >= 0.3 is 0 Å². The van der Waals surface area contributed by atoms with Crippen LogP contribution >= 0.6 is 11.3 Å². The maximum Gasteiger partial charge on any atom is 0.257 e. The number of thiophene rings is 1. The molecular weight excluding hydrogens is 438 g/mol. The van der Waals surface area contributed by atoms with Gasteiger partial charge in [-0.1, -0.05) is 26.8 Å². The molecule has 1 aliphatic rings. The monoisotopic (exact) mass is 469 g/mol. The second-order valence-electron chi connectivity index (χ2n) is 9.63. The summed E-state index contributed by atoms with van der Waals surface area (Å²) >= 11 is 1.73. The summed E-state index contributed by atoms with van der Waals surface area (Å²) in [7, 11) is 0. The van der Waals surface area contributed by atoms with Crippen LogP contribution in [0.5, 0.6) is 5.75 Å². The van der Waals surface area contributed by atoms with Crippen LogP contribution in [0.25, 0.3) is 0 Å². The van der Waals surface area contributed by atoms with Gasteiger partial charge in [0.05, 0.1) is 17.3 Å². The van der Waals surface area contributed by atoms with Gasteiger partial charge in [-0.05, 0) is 66.2 Å². The minimum atomic E-state index is -0.162. The van der Waals surface area contributed by atoms with E-state index in [-0.39, 0.29) is 28.7 Å². The first kappa shape index (κ1) is 23.1. The minimum absolute atomic E-state index is 0.0265. The number of rotatable bonds is 6. The number of aromatic nitrogens is 2. The second-order valence-corrected chi connectivity index (χ2v) is 11.0. The van der Waals surface area contributed by atoms with Crippen LogP contribution in [0.1, 0.15) is 65.3 Å². The van der Waals surface area contributed by atoms with Crippen LogP contribution in [0.4, 0.5) is 17.3 Å². The first-order valence-corrected chi connectivity index (χ1v) is 12.0. The van der Waals surface area contributed by atoms with Crippen molar-refractivity contribution in [3.05, 3.63) is 45.1 Å². The highest BCUT2D eigenvalue weighted by molar-refractivity contribution is 7.12. The Morgan fingerprint density at radius 3 is 2.45 bits per heavy atom. The van der Waals surface area contributed by atoms with Crippen molar-refractivity contribution in [3.63, 3.8) is 0 Å². The molecule has 1 atom stereocenters. The maximum atomic E-state index is 12.9. The first-order chi connectivity index (χ1) is 15.6. The third-order valence-corrected chi connectivity index (χ3v) is 7.00. The molecule has 1 amide bonds. The summed E-state index contributed by atoms with van der Waals surface area (Å²) < 4.78 is 5.03. The van der Waals surface area contributed by atoms with Gasteiger partial charge in [0.25, 0.3) is 5.91 Å². The number of amides is 1. The zero-order valence-corrected chi connectivity index (χ0v) is 20.5. The van der Waals surface area contributed by atoms with E-state index in [0.29, 0.717) is 30.4 Å². The molecule has 1 fully saturated rings. The molecular formula is C24H31N5O3S. The van der Waals surface area contributed by atoms with Crippen molar-refractivity contribution >= 4 is 34.6 Å². The molecule has 4 rings (SSSR count). The molecule has 0 saturated carbocycles. The number of hydrogen-bond donors (Lipinski definition) is 3. The molecule has 33 heavy (non-hydrogen) atoms. The van der Waals surface area contributed by atoms with Gasteiger partial charge in [-0.3, -0.25) is 4.79 Å². The van der Waals surface area contributed by atoms with Gasteiger partial charge in [-0.15, -0.1) is 11.3 Å². The molecule has 9 heteroatoms. The molecule has 0 unspecified atom stereocenters. The smallest absolute Gasteiger partial charge is 0.257 e. The second kappa shape index (κ2) is 9.05. The summed E-state index contributed by atoms with van der Waals surface area (Å²) in [6.45, 7) is 11.8. The Morgan fingerprint density at radius 2 is 1.82 bits per heavy atom. The normalized spacial score (nSPS) is 15.0. The van der Waals surface area contributed by atoms with Crippen molar-refractivity contribution in [2.45, 2.75) is 53.5 Å². The standard InChI is InChI=1S/C24H31N5O3S/c1-14-8-10-16(23(31)29-12-6-7-13-29)19(30)18(14)25-21-22(28-32-27-21)26-20(24(3,4)5)17-11-9-15(2)33-17/h8-11,20,30H,6-7,12-13H2,1-5H3,(H,25,27)(H,26,28)/t20-/m0/s1. The van der Waals surface area contributed by atoms with Crippen LogP contribution in [-0.4, -0.2) is 39.3 Å². The summed E-state index contributed by atoms with van der Waals surface area (Å²) in [6.07, 6.45) is 1.98.